The molecule has 0 saturated heterocycles. The van der Waals surface area contributed by atoms with Crippen LogP contribution in [0.25, 0.3) is 21.7 Å². The summed E-state index contributed by atoms with van der Waals surface area (Å²) in [4.78, 5) is 5.81. The van der Waals surface area contributed by atoms with Crippen LogP contribution in [0.2, 0.25) is 0 Å². The first-order valence-corrected chi connectivity index (χ1v) is 7.68. The molecular formula is C15H19N5S. The lowest BCUT2D eigenvalue weighted by atomic mass is 9.91. The summed E-state index contributed by atoms with van der Waals surface area (Å²) in [6, 6.07) is 6.16. The molecule has 6 heteroatoms. The lowest BCUT2D eigenvalue weighted by molar-refractivity contribution is 0.567. The van der Waals surface area contributed by atoms with E-state index < -0.39 is 0 Å². The number of benzene rings is 1. The van der Waals surface area contributed by atoms with E-state index in [0.29, 0.717) is 6.54 Å². The van der Waals surface area contributed by atoms with Crippen molar-refractivity contribution in [3.63, 3.8) is 0 Å². The van der Waals surface area contributed by atoms with Gasteiger partial charge in [-0.3, -0.25) is 0 Å². The van der Waals surface area contributed by atoms with Gasteiger partial charge in [-0.1, -0.05) is 31.3 Å². The lowest BCUT2D eigenvalue weighted by Crippen LogP contribution is -2.13. The summed E-state index contributed by atoms with van der Waals surface area (Å²) >= 11 is 1.40. The standard InChI is InChI=1S/C15H19N5S/c1-15(2,3)13-12(21-19-18-13)14-17-10-7-9(8-16)5-6-11(10)20(14)4/h5-7H,8,16H2,1-4H3. The second-order valence-electron chi connectivity index (χ2n) is 6.22. The van der Waals surface area contributed by atoms with Crippen molar-refractivity contribution in [3.8, 4) is 10.7 Å². The quantitative estimate of drug-likeness (QED) is 0.790. The molecule has 0 amide bonds. The maximum Gasteiger partial charge on any atom is 0.154 e. The molecule has 0 aliphatic heterocycles. The first-order valence-electron chi connectivity index (χ1n) is 6.90. The van der Waals surface area contributed by atoms with E-state index >= 15 is 0 Å². The number of nitrogens with two attached hydrogens (primary N) is 1. The third kappa shape index (κ3) is 2.34. The minimum atomic E-state index is -0.0527. The van der Waals surface area contributed by atoms with Gasteiger partial charge in [0.25, 0.3) is 0 Å². The number of nitrogens with zero attached hydrogens (tertiary/aromatic N) is 4. The molecule has 1 aromatic carbocycles. The Bertz CT molecular complexity index is 794. The van der Waals surface area contributed by atoms with Crippen LogP contribution >= 0.6 is 11.5 Å². The molecule has 0 radical (unpaired) electrons. The van der Waals surface area contributed by atoms with Gasteiger partial charge in [0.05, 0.1) is 16.7 Å². The van der Waals surface area contributed by atoms with Crippen molar-refractivity contribution < 1.29 is 0 Å². The SMILES string of the molecule is Cn1c(-c2snnc2C(C)(C)C)nc2cc(CN)ccc21. The minimum absolute atomic E-state index is 0.0527. The summed E-state index contributed by atoms with van der Waals surface area (Å²) < 4.78 is 6.23. The number of hydrogen-bond acceptors (Lipinski definition) is 5. The molecular weight excluding hydrogens is 282 g/mol. The molecule has 0 aliphatic carbocycles. The highest BCUT2D eigenvalue weighted by Crippen LogP contribution is 2.34. The van der Waals surface area contributed by atoms with E-state index in [-0.39, 0.29) is 5.41 Å². The van der Waals surface area contributed by atoms with Crippen LogP contribution in [-0.2, 0) is 19.0 Å². The maximum atomic E-state index is 5.71. The van der Waals surface area contributed by atoms with Crippen molar-refractivity contribution >= 4 is 22.6 Å². The summed E-state index contributed by atoms with van der Waals surface area (Å²) in [7, 11) is 2.03. The van der Waals surface area contributed by atoms with Crippen LogP contribution in [0.15, 0.2) is 18.2 Å². The molecule has 0 saturated carbocycles. The van der Waals surface area contributed by atoms with Gasteiger partial charge in [-0.15, -0.1) is 5.10 Å². The van der Waals surface area contributed by atoms with Gasteiger partial charge in [-0.2, -0.15) is 0 Å². The van der Waals surface area contributed by atoms with E-state index in [1.54, 1.807) is 0 Å². The van der Waals surface area contributed by atoms with Gasteiger partial charge >= 0.3 is 0 Å². The van der Waals surface area contributed by atoms with Gasteiger partial charge in [0.2, 0.25) is 0 Å². The summed E-state index contributed by atoms with van der Waals surface area (Å²) in [5.41, 5.74) is 9.79. The predicted molar refractivity (Wildman–Crippen MR) is 86.2 cm³/mol. The molecule has 0 spiro atoms. The van der Waals surface area contributed by atoms with Gasteiger partial charge in [0.15, 0.2) is 5.82 Å². The Balaban J connectivity index is 2.22. The third-order valence-electron chi connectivity index (χ3n) is 3.58. The highest BCUT2D eigenvalue weighted by Gasteiger charge is 2.26. The molecule has 2 heterocycles. The fraction of sp³-hybridized carbons (Fsp3) is 0.400. The zero-order valence-corrected chi connectivity index (χ0v) is 13.5. The van der Waals surface area contributed by atoms with Crippen molar-refractivity contribution in [1.29, 1.82) is 0 Å². The molecule has 0 unspecified atom stereocenters. The molecule has 2 aromatic heterocycles. The Hall–Kier alpha value is -1.79. The van der Waals surface area contributed by atoms with Crippen LogP contribution in [0, 0.1) is 0 Å². The first-order chi connectivity index (χ1) is 9.91. The van der Waals surface area contributed by atoms with Crippen LogP contribution in [-0.4, -0.2) is 19.1 Å². The number of aryl methyl sites for hydroxylation is 1. The van der Waals surface area contributed by atoms with Crippen LogP contribution in [0.5, 0.6) is 0 Å². The zero-order valence-electron chi connectivity index (χ0n) is 12.7. The average Bonchev–Trinajstić information content (AvgIpc) is 3.02. The maximum absolute atomic E-state index is 5.71. The Morgan fingerprint density at radius 2 is 2.05 bits per heavy atom. The molecule has 110 valence electrons. The largest absolute Gasteiger partial charge is 0.326 e. The van der Waals surface area contributed by atoms with E-state index in [1.807, 2.05) is 19.2 Å². The molecule has 3 aromatic rings. The van der Waals surface area contributed by atoms with E-state index in [2.05, 4.69) is 41.0 Å². The smallest absolute Gasteiger partial charge is 0.154 e. The van der Waals surface area contributed by atoms with E-state index in [0.717, 1.165) is 33.0 Å². The molecule has 5 nitrogen and oxygen atoms in total. The molecule has 0 fully saturated rings. The zero-order chi connectivity index (χ0) is 15.2. The summed E-state index contributed by atoms with van der Waals surface area (Å²) in [6.45, 7) is 6.95. The highest BCUT2D eigenvalue weighted by molar-refractivity contribution is 7.09. The summed E-state index contributed by atoms with van der Waals surface area (Å²) in [6.07, 6.45) is 0. The van der Waals surface area contributed by atoms with E-state index in [9.17, 15) is 0 Å². The van der Waals surface area contributed by atoms with E-state index in [4.69, 9.17) is 10.7 Å². The third-order valence-corrected chi connectivity index (χ3v) is 4.30. The van der Waals surface area contributed by atoms with Crippen LogP contribution in [0.3, 0.4) is 0 Å². The molecule has 21 heavy (non-hydrogen) atoms. The van der Waals surface area contributed by atoms with Crippen molar-refractivity contribution in [1.82, 2.24) is 19.1 Å². The van der Waals surface area contributed by atoms with Crippen LogP contribution in [0.4, 0.5) is 0 Å². The van der Waals surface area contributed by atoms with Gasteiger partial charge in [-0.05, 0) is 29.2 Å². The normalized spacial score (nSPS) is 12.2. The number of aromatic nitrogens is 4. The number of imidazole rings is 1. The predicted octanol–water partition coefficient (Wildman–Crippen LogP) is 2.85. The van der Waals surface area contributed by atoms with Crippen LogP contribution in [0.1, 0.15) is 32.0 Å². The molecule has 0 atom stereocenters. The molecule has 0 aliphatic rings. The molecule has 0 bridgehead atoms. The van der Waals surface area contributed by atoms with Crippen molar-refractivity contribution in [3.05, 3.63) is 29.5 Å². The minimum Gasteiger partial charge on any atom is -0.326 e. The fourth-order valence-electron chi connectivity index (χ4n) is 2.40. The van der Waals surface area contributed by atoms with Gasteiger partial charge in [0, 0.05) is 19.0 Å². The number of hydrogen-bond donors (Lipinski definition) is 1. The Morgan fingerprint density at radius 1 is 1.29 bits per heavy atom. The monoisotopic (exact) mass is 301 g/mol. The van der Waals surface area contributed by atoms with Gasteiger partial charge in [-0.25, -0.2) is 4.98 Å². The fourth-order valence-corrected chi connectivity index (χ4v) is 3.31. The Kier molecular flexibility index (Phi) is 3.30. The van der Waals surface area contributed by atoms with Crippen molar-refractivity contribution in [2.24, 2.45) is 12.8 Å². The lowest BCUT2D eigenvalue weighted by Gasteiger charge is -2.16. The Morgan fingerprint density at radius 3 is 2.71 bits per heavy atom. The Labute approximate surface area is 128 Å². The van der Waals surface area contributed by atoms with Crippen molar-refractivity contribution in [2.45, 2.75) is 32.7 Å². The van der Waals surface area contributed by atoms with E-state index in [1.165, 1.54) is 11.5 Å². The second-order valence-corrected chi connectivity index (χ2v) is 6.98. The summed E-state index contributed by atoms with van der Waals surface area (Å²) in [5.74, 6) is 0.916. The second kappa shape index (κ2) is 4.89. The number of rotatable bonds is 2. The van der Waals surface area contributed by atoms with Crippen LogP contribution < -0.4 is 5.73 Å². The first kappa shape index (κ1) is 14.2. The van der Waals surface area contributed by atoms with Crippen molar-refractivity contribution in [2.75, 3.05) is 0 Å². The molecule has 3 rings (SSSR count). The van der Waals surface area contributed by atoms with Gasteiger partial charge < -0.3 is 10.3 Å². The summed E-state index contributed by atoms with van der Waals surface area (Å²) in [5, 5.41) is 4.30. The van der Waals surface area contributed by atoms with Gasteiger partial charge in [0.1, 0.15) is 4.88 Å². The number of fused-ring (bicyclic) bond motifs is 1. The molecule has 2 N–H and O–H groups in total. The highest BCUT2D eigenvalue weighted by atomic mass is 32.1. The topological polar surface area (TPSA) is 69.6 Å². The average molecular weight is 301 g/mol.